The molecule has 0 saturated heterocycles. The second-order valence-corrected chi connectivity index (χ2v) is 4.47. The maximum absolute atomic E-state index is 12.2. The number of hydrogen-bond acceptors (Lipinski definition) is 3. The molecule has 0 fully saturated rings. The molecular formula is C14H14F3NO2. The lowest BCUT2D eigenvalue weighted by atomic mass is 10.00. The number of rotatable bonds is 3. The van der Waals surface area contributed by atoms with Crippen molar-refractivity contribution in [3.05, 3.63) is 53.0 Å². The molecule has 1 aromatic carbocycles. The Labute approximate surface area is 114 Å². The molecule has 1 heterocycles. The van der Waals surface area contributed by atoms with Crippen LogP contribution < -0.4 is 10.5 Å². The molecule has 108 valence electrons. The number of ether oxygens (including phenoxy) is 1. The molecule has 20 heavy (non-hydrogen) atoms. The van der Waals surface area contributed by atoms with Gasteiger partial charge in [-0.15, -0.1) is 13.2 Å². The van der Waals surface area contributed by atoms with Crippen LogP contribution in [0.15, 0.2) is 34.7 Å². The number of benzene rings is 1. The van der Waals surface area contributed by atoms with Crippen molar-refractivity contribution in [1.29, 1.82) is 0 Å². The number of hydrogen-bond donors (Lipinski definition) is 1. The molecule has 0 aliphatic heterocycles. The van der Waals surface area contributed by atoms with Crippen molar-refractivity contribution < 1.29 is 22.3 Å². The Bertz CT molecular complexity index is 605. The second kappa shape index (κ2) is 5.20. The van der Waals surface area contributed by atoms with E-state index in [0.717, 1.165) is 5.56 Å². The Morgan fingerprint density at radius 2 is 1.90 bits per heavy atom. The first-order valence-corrected chi connectivity index (χ1v) is 5.94. The standard InChI is InChI=1S/C14H14F3NO2/c1-8-6-12(9(2)19-8)13(18)10-4-3-5-11(7-10)20-14(15,16)17/h3-7,13H,18H2,1-2H3. The zero-order valence-electron chi connectivity index (χ0n) is 11.0. The summed E-state index contributed by atoms with van der Waals surface area (Å²) in [5.74, 6) is 1.07. The maximum Gasteiger partial charge on any atom is 0.573 e. The number of aryl methyl sites for hydroxylation is 2. The first-order chi connectivity index (χ1) is 9.26. The molecule has 0 saturated carbocycles. The van der Waals surface area contributed by atoms with Crippen LogP contribution in [0.4, 0.5) is 13.2 Å². The van der Waals surface area contributed by atoms with Crippen molar-refractivity contribution in [2.75, 3.05) is 0 Å². The summed E-state index contributed by atoms with van der Waals surface area (Å²) in [5.41, 5.74) is 7.33. The van der Waals surface area contributed by atoms with Gasteiger partial charge < -0.3 is 14.9 Å². The van der Waals surface area contributed by atoms with E-state index in [2.05, 4.69) is 4.74 Å². The van der Waals surface area contributed by atoms with Crippen LogP contribution in [0.25, 0.3) is 0 Å². The van der Waals surface area contributed by atoms with Gasteiger partial charge in [0.2, 0.25) is 0 Å². The monoisotopic (exact) mass is 285 g/mol. The Balaban J connectivity index is 2.29. The predicted molar refractivity (Wildman–Crippen MR) is 67.3 cm³/mol. The van der Waals surface area contributed by atoms with Crippen molar-refractivity contribution in [2.45, 2.75) is 26.3 Å². The van der Waals surface area contributed by atoms with E-state index in [-0.39, 0.29) is 5.75 Å². The third-order valence-electron chi connectivity index (χ3n) is 2.87. The zero-order chi connectivity index (χ0) is 14.9. The van der Waals surface area contributed by atoms with Crippen LogP contribution in [0.2, 0.25) is 0 Å². The van der Waals surface area contributed by atoms with Gasteiger partial charge in [0.25, 0.3) is 0 Å². The predicted octanol–water partition coefficient (Wildman–Crippen LogP) is 3.84. The minimum Gasteiger partial charge on any atom is -0.466 e. The van der Waals surface area contributed by atoms with E-state index in [1.807, 2.05) is 0 Å². The van der Waals surface area contributed by atoms with Gasteiger partial charge in [0.05, 0.1) is 6.04 Å². The summed E-state index contributed by atoms with van der Waals surface area (Å²) in [6.07, 6.45) is -4.72. The van der Waals surface area contributed by atoms with E-state index in [4.69, 9.17) is 10.2 Å². The molecular weight excluding hydrogens is 271 g/mol. The molecule has 0 spiro atoms. The van der Waals surface area contributed by atoms with Gasteiger partial charge in [0, 0.05) is 5.56 Å². The van der Waals surface area contributed by atoms with Gasteiger partial charge in [-0.05, 0) is 37.6 Å². The van der Waals surface area contributed by atoms with Crippen molar-refractivity contribution in [1.82, 2.24) is 0 Å². The summed E-state index contributed by atoms with van der Waals surface area (Å²) in [5, 5.41) is 0. The molecule has 0 bridgehead atoms. The Morgan fingerprint density at radius 1 is 1.20 bits per heavy atom. The Morgan fingerprint density at radius 3 is 2.45 bits per heavy atom. The molecule has 0 radical (unpaired) electrons. The molecule has 1 unspecified atom stereocenters. The summed E-state index contributed by atoms with van der Waals surface area (Å²) in [4.78, 5) is 0. The molecule has 0 aliphatic carbocycles. The van der Waals surface area contributed by atoms with Gasteiger partial charge in [-0.3, -0.25) is 0 Å². The average Bonchev–Trinajstić information content (AvgIpc) is 2.65. The second-order valence-electron chi connectivity index (χ2n) is 4.47. The van der Waals surface area contributed by atoms with Crippen LogP contribution in [0.1, 0.15) is 28.7 Å². The summed E-state index contributed by atoms with van der Waals surface area (Å²) >= 11 is 0. The third kappa shape index (κ3) is 3.33. The molecule has 1 atom stereocenters. The van der Waals surface area contributed by atoms with E-state index in [0.29, 0.717) is 17.1 Å². The first kappa shape index (κ1) is 14.5. The number of halogens is 3. The van der Waals surface area contributed by atoms with Gasteiger partial charge in [-0.1, -0.05) is 12.1 Å². The van der Waals surface area contributed by atoms with E-state index in [1.54, 1.807) is 26.0 Å². The number of furan rings is 1. The van der Waals surface area contributed by atoms with E-state index >= 15 is 0 Å². The molecule has 2 aromatic rings. The fourth-order valence-corrected chi connectivity index (χ4v) is 2.04. The van der Waals surface area contributed by atoms with Crippen LogP contribution in [0.3, 0.4) is 0 Å². The smallest absolute Gasteiger partial charge is 0.466 e. The van der Waals surface area contributed by atoms with E-state index in [1.165, 1.54) is 18.2 Å². The lowest BCUT2D eigenvalue weighted by molar-refractivity contribution is -0.274. The van der Waals surface area contributed by atoms with Crippen molar-refractivity contribution >= 4 is 0 Å². The van der Waals surface area contributed by atoms with Crippen molar-refractivity contribution in [3.8, 4) is 5.75 Å². The molecule has 0 aliphatic rings. The van der Waals surface area contributed by atoms with Crippen LogP contribution in [0, 0.1) is 13.8 Å². The van der Waals surface area contributed by atoms with Gasteiger partial charge >= 0.3 is 6.36 Å². The molecule has 3 nitrogen and oxygen atoms in total. The first-order valence-electron chi connectivity index (χ1n) is 5.94. The molecule has 0 amide bonds. The minimum atomic E-state index is -4.72. The molecule has 1 aromatic heterocycles. The fourth-order valence-electron chi connectivity index (χ4n) is 2.04. The lowest BCUT2D eigenvalue weighted by Gasteiger charge is -2.14. The van der Waals surface area contributed by atoms with Crippen molar-refractivity contribution in [2.24, 2.45) is 5.73 Å². The van der Waals surface area contributed by atoms with E-state index in [9.17, 15) is 13.2 Å². The van der Waals surface area contributed by atoms with Crippen molar-refractivity contribution in [3.63, 3.8) is 0 Å². The van der Waals surface area contributed by atoms with Crippen LogP contribution in [0.5, 0.6) is 5.75 Å². The molecule has 6 heteroatoms. The number of nitrogens with two attached hydrogens (primary N) is 1. The van der Waals surface area contributed by atoms with Gasteiger partial charge in [-0.25, -0.2) is 0 Å². The minimum absolute atomic E-state index is 0.289. The summed E-state index contributed by atoms with van der Waals surface area (Å²) in [6, 6.07) is 6.84. The van der Waals surface area contributed by atoms with Gasteiger partial charge in [0.15, 0.2) is 0 Å². The van der Waals surface area contributed by atoms with Gasteiger partial charge in [0.1, 0.15) is 17.3 Å². The molecule has 2 N–H and O–H groups in total. The largest absolute Gasteiger partial charge is 0.573 e. The van der Waals surface area contributed by atoms with Crippen LogP contribution in [-0.4, -0.2) is 6.36 Å². The molecule has 2 rings (SSSR count). The highest BCUT2D eigenvalue weighted by Crippen LogP contribution is 2.29. The normalized spacial score (nSPS) is 13.3. The Hall–Kier alpha value is -1.95. The topological polar surface area (TPSA) is 48.4 Å². The summed E-state index contributed by atoms with van der Waals surface area (Å²) in [6.45, 7) is 3.55. The van der Waals surface area contributed by atoms with Crippen LogP contribution >= 0.6 is 0 Å². The quantitative estimate of drug-likeness (QED) is 0.932. The summed E-state index contributed by atoms with van der Waals surface area (Å²) in [7, 11) is 0. The average molecular weight is 285 g/mol. The highest BCUT2D eigenvalue weighted by atomic mass is 19.4. The lowest BCUT2D eigenvalue weighted by Crippen LogP contribution is -2.18. The Kier molecular flexibility index (Phi) is 3.76. The van der Waals surface area contributed by atoms with E-state index < -0.39 is 12.4 Å². The summed E-state index contributed by atoms with van der Waals surface area (Å²) < 4.78 is 45.8. The third-order valence-corrected chi connectivity index (χ3v) is 2.87. The van der Waals surface area contributed by atoms with Crippen LogP contribution in [-0.2, 0) is 0 Å². The zero-order valence-corrected chi connectivity index (χ0v) is 11.0. The highest BCUT2D eigenvalue weighted by Gasteiger charge is 2.31. The fraction of sp³-hybridized carbons (Fsp3) is 0.286. The SMILES string of the molecule is Cc1cc(C(N)c2cccc(OC(F)(F)F)c2)c(C)o1. The maximum atomic E-state index is 12.2. The number of alkyl halides is 3. The highest BCUT2D eigenvalue weighted by molar-refractivity contribution is 5.38. The van der Waals surface area contributed by atoms with Gasteiger partial charge in [-0.2, -0.15) is 0 Å².